The molecule has 0 saturated heterocycles. The van der Waals surface area contributed by atoms with Crippen molar-refractivity contribution in [3.63, 3.8) is 0 Å². The highest BCUT2D eigenvalue weighted by atomic mass is 16.5. The zero-order chi connectivity index (χ0) is 15.7. The van der Waals surface area contributed by atoms with Crippen molar-refractivity contribution in [2.24, 2.45) is 0 Å². The zero-order valence-corrected chi connectivity index (χ0v) is 12.5. The first-order valence-corrected chi connectivity index (χ1v) is 7.26. The molecule has 8 nitrogen and oxygen atoms in total. The Bertz CT molecular complexity index is 901. The average Bonchev–Trinajstić information content (AvgIpc) is 3.11. The molecule has 0 radical (unpaired) electrons. The van der Waals surface area contributed by atoms with Gasteiger partial charge in [-0.2, -0.15) is 0 Å². The lowest BCUT2D eigenvalue weighted by Crippen LogP contribution is -2.35. The van der Waals surface area contributed by atoms with Crippen LogP contribution in [0.15, 0.2) is 26.6 Å². The minimum Gasteiger partial charge on any atom is -0.364 e. The summed E-state index contributed by atoms with van der Waals surface area (Å²) in [5, 5.41) is 3.66. The van der Waals surface area contributed by atoms with Gasteiger partial charge in [0.2, 0.25) is 0 Å². The third-order valence-electron chi connectivity index (χ3n) is 3.57. The van der Waals surface area contributed by atoms with Crippen molar-refractivity contribution >= 4 is 11.2 Å². The fourth-order valence-corrected chi connectivity index (χ4v) is 2.56. The van der Waals surface area contributed by atoms with Gasteiger partial charge < -0.3 is 9.09 Å². The van der Waals surface area contributed by atoms with Crippen molar-refractivity contribution in [2.75, 3.05) is 0 Å². The summed E-state index contributed by atoms with van der Waals surface area (Å²) in [6.07, 6.45) is 4.34. The van der Waals surface area contributed by atoms with E-state index >= 15 is 0 Å². The molecule has 0 fully saturated rings. The number of hydrogen-bond acceptors (Lipinski definition) is 5. The lowest BCUT2D eigenvalue weighted by molar-refractivity contribution is 0.419. The molecule has 0 atom stereocenters. The maximum absolute atomic E-state index is 12.5. The van der Waals surface area contributed by atoms with Crippen LogP contribution in [0.3, 0.4) is 0 Å². The van der Waals surface area contributed by atoms with Gasteiger partial charge in [0, 0.05) is 25.1 Å². The second-order valence-electron chi connectivity index (χ2n) is 5.07. The van der Waals surface area contributed by atoms with Crippen LogP contribution in [0.5, 0.6) is 0 Å². The van der Waals surface area contributed by atoms with E-state index in [9.17, 15) is 9.59 Å². The van der Waals surface area contributed by atoms with Crippen molar-refractivity contribution in [3.8, 4) is 0 Å². The Morgan fingerprint density at radius 1 is 1.27 bits per heavy atom. The number of aryl methyl sites for hydroxylation is 1. The highest BCUT2D eigenvalue weighted by Crippen LogP contribution is 2.13. The molecule has 0 aromatic carbocycles. The van der Waals surface area contributed by atoms with Crippen LogP contribution in [0.2, 0.25) is 0 Å². The maximum atomic E-state index is 12.5. The first-order valence-electron chi connectivity index (χ1n) is 7.26. The number of fused-ring (bicyclic) bond motifs is 1. The molecule has 0 aliphatic heterocycles. The minimum absolute atomic E-state index is 0.293. The molecule has 3 rings (SSSR count). The van der Waals surface area contributed by atoms with Gasteiger partial charge in [0.1, 0.15) is 17.7 Å². The second-order valence-corrected chi connectivity index (χ2v) is 5.07. The fourth-order valence-electron chi connectivity index (χ4n) is 2.56. The number of aromatic amines is 1. The Morgan fingerprint density at radius 3 is 2.73 bits per heavy atom. The topological polar surface area (TPSA) is 98.7 Å². The van der Waals surface area contributed by atoms with Crippen molar-refractivity contribution in [1.82, 2.24) is 24.3 Å². The van der Waals surface area contributed by atoms with Crippen LogP contribution in [0, 0.1) is 0 Å². The Hall–Kier alpha value is -2.64. The van der Waals surface area contributed by atoms with E-state index in [2.05, 4.69) is 15.1 Å². The van der Waals surface area contributed by atoms with E-state index in [-0.39, 0.29) is 5.56 Å². The quantitative estimate of drug-likeness (QED) is 0.755. The van der Waals surface area contributed by atoms with E-state index in [4.69, 9.17) is 4.52 Å². The predicted octanol–water partition coefficient (Wildman–Crippen LogP) is 0.895. The van der Waals surface area contributed by atoms with E-state index in [0.29, 0.717) is 42.9 Å². The lowest BCUT2D eigenvalue weighted by atomic mass is 10.2. The average molecular weight is 303 g/mol. The molecule has 0 aliphatic rings. The number of nitrogens with one attached hydrogen (secondary N) is 1. The van der Waals surface area contributed by atoms with E-state index in [0.717, 1.165) is 5.56 Å². The Kier molecular flexibility index (Phi) is 3.66. The molecule has 22 heavy (non-hydrogen) atoms. The van der Waals surface area contributed by atoms with Gasteiger partial charge in [-0.25, -0.2) is 9.78 Å². The van der Waals surface area contributed by atoms with Crippen LogP contribution < -0.4 is 11.2 Å². The van der Waals surface area contributed by atoms with E-state index in [1.165, 1.54) is 10.8 Å². The summed E-state index contributed by atoms with van der Waals surface area (Å²) in [5.41, 5.74) is 0.878. The first-order chi connectivity index (χ1) is 10.7. The zero-order valence-electron chi connectivity index (χ0n) is 12.5. The predicted molar refractivity (Wildman–Crippen MR) is 79.9 cm³/mol. The van der Waals surface area contributed by atoms with Crippen molar-refractivity contribution in [1.29, 1.82) is 0 Å². The van der Waals surface area contributed by atoms with Crippen molar-refractivity contribution < 1.29 is 4.52 Å². The van der Waals surface area contributed by atoms with Crippen LogP contribution in [0.4, 0.5) is 0 Å². The van der Waals surface area contributed by atoms with Gasteiger partial charge in [-0.1, -0.05) is 12.1 Å². The SMILES string of the molecule is CCCn1c(=O)[nH]c2c(nc(Cc3cnoc3)n2CC)c1=O. The Labute approximate surface area is 125 Å². The number of nitrogens with zero attached hydrogens (tertiary/aromatic N) is 4. The van der Waals surface area contributed by atoms with Gasteiger partial charge >= 0.3 is 5.69 Å². The van der Waals surface area contributed by atoms with Gasteiger partial charge in [0.25, 0.3) is 5.56 Å². The maximum Gasteiger partial charge on any atom is 0.330 e. The van der Waals surface area contributed by atoms with Crippen molar-refractivity contribution in [2.45, 2.75) is 39.8 Å². The number of H-pyrrole nitrogens is 1. The van der Waals surface area contributed by atoms with Gasteiger partial charge in [0.05, 0.1) is 6.20 Å². The number of hydrogen-bond donors (Lipinski definition) is 1. The highest BCUT2D eigenvalue weighted by Gasteiger charge is 2.17. The van der Waals surface area contributed by atoms with E-state index in [1.54, 1.807) is 6.20 Å². The lowest BCUT2D eigenvalue weighted by Gasteiger charge is -2.05. The molecule has 0 bridgehead atoms. The second kappa shape index (κ2) is 5.63. The number of imidazole rings is 1. The van der Waals surface area contributed by atoms with Crippen LogP contribution in [0.25, 0.3) is 11.2 Å². The fraction of sp³-hybridized carbons (Fsp3) is 0.429. The third-order valence-corrected chi connectivity index (χ3v) is 3.57. The molecule has 0 unspecified atom stereocenters. The number of rotatable bonds is 5. The minimum atomic E-state index is -0.398. The van der Waals surface area contributed by atoms with Gasteiger partial charge in [0.15, 0.2) is 5.52 Å². The largest absolute Gasteiger partial charge is 0.364 e. The molecule has 3 heterocycles. The third kappa shape index (κ3) is 2.26. The van der Waals surface area contributed by atoms with Crippen LogP contribution >= 0.6 is 0 Å². The Morgan fingerprint density at radius 2 is 2.09 bits per heavy atom. The van der Waals surface area contributed by atoms with Gasteiger partial charge in [-0.05, 0) is 13.3 Å². The molecule has 3 aromatic rings. The molecule has 8 heteroatoms. The van der Waals surface area contributed by atoms with Crippen molar-refractivity contribution in [3.05, 3.63) is 44.7 Å². The molecule has 1 N–H and O–H groups in total. The molecule has 0 spiro atoms. The highest BCUT2D eigenvalue weighted by molar-refractivity contribution is 5.70. The molecule has 116 valence electrons. The normalized spacial score (nSPS) is 11.4. The summed E-state index contributed by atoms with van der Waals surface area (Å²) < 4.78 is 7.85. The van der Waals surface area contributed by atoms with E-state index < -0.39 is 5.69 Å². The van der Waals surface area contributed by atoms with Crippen LogP contribution in [-0.4, -0.2) is 24.3 Å². The van der Waals surface area contributed by atoms with Gasteiger partial charge in [-0.3, -0.25) is 14.3 Å². The summed E-state index contributed by atoms with van der Waals surface area (Å²) in [6.45, 7) is 4.83. The Balaban J connectivity index is 2.21. The smallest absolute Gasteiger partial charge is 0.330 e. The standard InChI is InChI=1S/C14H17N5O3/c1-3-5-19-13(20)11-12(17-14(19)21)18(4-2)10(16-11)6-9-7-15-22-8-9/h7-8H,3-6H2,1-2H3,(H,17,21). The summed E-state index contributed by atoms with van der Waals surface area (Å²) in [5.74, 6) is 0.697. The summed E-state index contributed by atoms with van der Waals surface area (Å²) in [6, 6.07) is 0. The molecular weight excluding hydrogens is 286 g/mol. The molecule has 0 aliphatic carbocycles. The monoisotopic (exact) mass is 303 g/mol. The first kappa shape index (κ1) is 14.3. The molecule has 3 aromatic heterocycles. The molecular formula is C14H17N5O3. The van der Waals surface area contributed by atoms with Crippen LogP contribution in [-0.2, 0) is 19.5 Å². The molecule has 0 saturated carbocycles. The molecule has 0 amide bonds. The summed E-state index contributed by atoms with van der Waals surface area (Å²) in [4.78, 5) is 31.7. The summed E-state index contributed by atoms with van der Waals surface area (Å²) >= 11 is 0. The van der Waals surface area contributed by atoms with Gasteiger partial charge in [-0.15, -0.1) is 0 Å². The van der Waals surface area contributed by atoms with E-state index in [1.807, 2.05) is 18.4 Å². The summed E-state index contributed by atoms with van der Waals surface area (Å²) in [7, 11) is 0. The van der Waals surface area contributed by atoms with Crippen LogP contribution in [0.1, 0.15) is 31.7 Å². The number of aromatic nitrogens is 5.